The van der Waals surface area contributed by atoms with E-state index in [1.807, 2.05) is 6.20 Å². The topological polar surface area (TPSA) is 37.8 Å². The first-order chi connectivity index (χ1) is 11.9. The van der Waals surface area contributed by atoms with Crippen molar-refractivity contribution in [2.75, 3.05) is 37.7 Å². The highest BCUT2D eigenvalue weighted by Crippen LogP contribution is 2.22. The summed E-state index contributed by atoms with van der Waals surface area (Å²) >= 11 is 0. The molecule has 3 heterocycles. The lowest BCUT2D eigenvalue weighted by Gasteiger charge is -2.35. The molecular formula is C18H22BN3O2. The van der Waals surface area contributed by atoms with E-state index >= 15 is 0 Å². The third-order valence-corrected chi connectivity index (χ3v) is 4.81. The molecule has 0 spiro atoms. The molecule has 2 aliphatic rings. The zero-order chi connectivity index (χ0) is 16.2. The fourth-order valence-electron chi connectivity index (χ4n) is 3.30. The van der Waals surface area contributed by atoms with Gasteiger partial charge < -0.3 is 9.70 Å². The van der Waals surface area contributed by atoms with Crippen molar-refractivity contribution in [1.82, 2.24) is 9.88 Å². The molecular weight excluding hydrogens is 301 g/mol. The standard InChI is InChI=1S/C18H22BN3O2/c1-2-4-15(5-3-1)13-21-8-10-22(11-9-21)18-7-6-16(12-20-18)17-14-23-24-19-17/h1-7,12,17,19H,8-11,13-14H2. The minimum Gasteiger partial charge on any atom is -0.354 e. The van der Waals surface area contributed by atoms with Gasteiger partial charge in [-0.2, -0.15) is 0 Å². The van der Waals surface area contributed by atoms with Crippen molar-refractivity contribution in [2.24, 2.45) is 0 Å². The summed E-state index contributed by atoms with van der Waals surface area (Å²) in [7, 11) is 0.624. The van der Waals surface area contributed by atoms with Gasteiger partial charge >= 0.3 is 7.48 Å². The molecule has 0 N–H and O–H groups in total. The van der Waals surface area contributed by atoms with E-state index in [0.29, 0.717) is 19.9 Å². The van der Waals surface area contributed by atoms with Gasteiger partial charge in [-0.05, 0) is 17.2 Å². The average molecular weight is 323 g/mol. The number of hydrogen-bond acceptors (Lipinski definition) is 5. The summed E-state index contributed by atoms with van der Waals surface area (Å²) in [6.45, 7) is 5.84. The summed E-state index contributed by atoms with van der Waals surface area (Å²) < 4.78 is 0. The van der Waals surface area contributed by atoms with E-state index < -0.39 is 0 Å². The Kier molecular flexibility index (Phi) is 4.78. The predicted molar refractivity (Wildman–Crippen MR) is 95.1 cm³/mol. The van der Waals surface area contributed by atoms with E-state index in [2.05, 4.69) is 57.2 Å². The first kappa shape index (κ1) is 15.6. The second kappa shape index (κ2) is 7.34. The van der Waals surface area contributed by atoms with Crippen LogP contribution in [0.5, 0.6) is 0 Å². The van der Waals surface area contributed by atoms with E-state index in [1.54, 1.807) is 0 Å². The minimum atomic E-state index is 0.314. The molecule has 2 saturated heterocycles. The number of rotatable bonds is 4. The van der Waals surface area contributed by atoms with Gasteiger partial charge in [0.05, 0.1) is 6.61 Å². The Morgan fingerprint density at radius 3 is 2.54 bits per heavy atom. The van der Waals surface area contributed by atoms with Crippen LogP contribution in [0.2, 0.25) is 0 Å². The first-order valence-electron chi connectivity index (χ1n) is 8.60. The van der Waals surface area contributed by atoms with Gasteiger partial charge in [-0.15, -0.1) is 0 Å². The Morgan fingerprint density at radius 2 is 1.88 bits per heavy atom. The van der Waals surface area contributed by atoms with Gasteiger partial charge in [0.2, 0.25) is 0 Å². The number of aromatic nitrogens is 1. The Balaban J connectivity index is 1.32. The third kappa shape index (κ3) is 3.61. The van der Waals surface area contributed by atoms with Gasteiger partial charge in [0.15, 0.2) is 0 Å². The van der Waals surface area contributed by atoms with Crippen LogP contribution in [0.4, 0.5) is 5.82 Å². The van der Waals surface area contributed by atoms with Crippen LogP contribution < -0.4 is 4.90 Å². The maximum absolute atomic E-state index is 4.97. The molecule has 124 valence electrons. The average Bonchev–Trinajstić information content (AvgIpc) is 3.18. The highest BCUT2D eigenvalue weighted by Gasteiger charge is 2.23. The Hall–Kier alpha value is -1.89. The maximum atomic E-state index is 4.97. The maximum Gasteiger partial charge on any atom is 0.333 e. The summed E-state index contributed by atoms with van der Waals surface area (Å²) in [5.41, 5.74) is 2.58. The lowest BCUT2D eigenvalue weighted by atomic mass is 9.77. The van der Waals surface area contributed by atoms with Gasteiger partial charge in [-0.3, -0.25) is 9.79 Å². The van der Waals surface area contributed by atoms with E-state index in [1.165, 1.54) is 11.1 Å². The van der Waals surface area contributed by atoms with Crippen molar-refractivity contribution in [3.63, 3.8) is 0 Å². The lowest BCUT2D eigenvalue weighted by Crippen LogP contribution is -2.46. The number of anilines is 1. The van der Waals surface area contributed by atoms with Crippen molar-refractivity contribution in [3.05, 3.63) is 59.8 Å². The van der Waals surface area contributed by atoms with Gasteiger partial charge in [0, 0.05) is 44.7 Å². The van der Waals surface area contributed by atoms with Gasteiger partial charge in [-0.1, -0.05) is 36.4 Å². The van der Waals surface area contributed by atoms with Gasteiger partial charge in [-0.25, -0.2) is 4.98 Å². The molecule has 5 nitrogen and oxygen atoms in total. The normalized spacial score (nSPS) is 21.7. The minimum absolute atomic E-state index is 0.314. The zero-order valence-corrected chi connectivity index (χ0v) is 13.8. The van der Waals surface area contributed by atoms with Crippen LogP contribution in [-0.2, 0) is 16.2 Å². The van der Waals surface area contributed by atoms with Crippen molar-refractivity contribution >= 4 is 13.3 Å². The first-order valence-corrected chi connectivity index (χ1v) is 8.60. The van der Waals surface area contributed by atoms with E-state index in [9.17, 15) is 0 Å². The van der Waals surface area contributed by atoms with Crippen molar-refractivity contribution < 1.29 is 9.69 Å². The molecule has 0 radical (unpaired) electrons. The lowest BCUT2D eigenvalue weighted by molar-refractivity contribution is -0.183. The summed E-state index contributed by atoms with van der Waals surface area (Å²) in [4.78, 5) is 19.5. The van der Waals surface area contributed by atoms with Crippen molar-refractivity contribution in [3.8, 4) is 0 Å². The number of pyridine rings is 1. The summed E-state index contributed by atoms with van der Waals surface area (Å²) in [5, 5.41) is 0. The van der Waals surface area contributed by atoms with Crippen LogP contribution in [0.25, 0.3) is 0 Å². The Labute approximate surface area is 143 Å². The molecule has 2 aliphatic heterocycles. The number of benzene rings is 1. The molecule has 0 amide bonds. The summed E-state index contributed by atoms with van der Waals surface area (Å²) in [6, 6.07) is 15.0. The van der Waals surface area contributed by atoms with Gasteiger partial charge in [0.1, 0.15) is 5.82 Å². The number of nitrogens with zero attached hydrogens (tertiary/aromatic N) is 3. The third-order valence-electron chi connectivity index (χ3n) is 4.81. The molecule has 1 aromatic heterocycles. The van der Waals surface area contributed by atoms with Crippen molar-refractivity contribution in [1.29, 1.82) is 0 Å². The van der Waals surface area contributed by atoms with E-state index in [4.69, 9.17) is 9.69 Å². The van der Waals surface area contributed by atoms with Crippen LogP contribution in [0.15, 0.2) is 48.7 Å². The highest BCUT2D eigenvalue weighted by atomic mass is 17.2. The molecule has 0 aliphatic carbocycles. The number of hydrogen-bond donors (Lipinski definition) is 0. The molecule has 1 atom stereocenters. The molecule has 1 aromatic carbocycles. The zero-order valence-electron chi connectivity index (χ0n) is 13.8. The summed E-state index contributed by atoms with van der Waals surface area (Å²) in [5.74, 6) is 1.38. The molecule has 2 aromatic rings. The fraction of sp³-hybridized carbons (Fsp3) is 0.389. The summed E-state index contributed by atoms with van der Waals surface area (Å²) in [6.07, 6.45) is 1.97. The smallest absolute Gasteiger partial charge is 0.333 e. The quantitative estimate of drug-likeness (QED) is 0.633. The van der Waals surface area contributed by atoms with Gasteiger partial charge in [0.25, 0.3) is 0 Å². The molecule has 0 bridgehead atoms. The molecule has 6 heteroatoms. The molecule has 2 fully saturated rings. The van der Waals surface area contributed by atoms with E-state index in [0.717, 1.165) is 38.5 Å². The predicted octanol–water partition coefficient (Wildman–Crippen LogP) is 1.76. The van der Waals surface area contributed by atoms with E-state index in [-0.39, 0.29) is 0 Å². The Morgan fingerprint density at radius 1 is 1.04 bits per heavy atom. The van der Waals surface area contributed by atoms with Crippen LogP contribution >= 0.6 is 0 Å². The molecule has 24 heavy (non-hydrogen) atoms. The highest BCUT2D eigenvalue weighted by molar-refractivity contribution is 6.30. The monoisotopic (exact) mass is 323 g/mol. The van der Waals surface area contributed by atoms with Crippen LogP contribution in [0.3, 0.4) is 0 Å². The largest absolute Gasteiger partial charge is 0.354 e. The van der Waals surface area contributed by atoms with Crippen molar-refractivity contribution in [2.45, 2.75) is 12.4 Å². The second-order valence-corrected chi connectivity index (χ2v) is 6.46. The fourth-order valence-corrected chi connectivity index (χ4v) is 3.30. The molecule has 0 saturated carbocycles. The van der Waals surface area contributed by atoms with Crippen LogP contribution in [0.1, 0.15) is 16.9 Å². The molecule has 4 rings (SSSR count). The Bertz CT molecular complexity index is 639. The van der Waals surface area contributed by atoms with Crippen LogP contribution in [-0.4, -0.2) is 50.2 Å². The SMILES string of the molecule is B1OOCC1c1ccc(N2CCN(Cc3ccccc3)CC2)nc1. The second-order valence-electron chi connectivity index (χ2n) is 6.46. The van der Waals surface area contributed by atoms with Crippen LogP contribution in [0, 0.1) is 0 Å². The molecule has 1 unspecified atom stereocenters. The number of piperazine rings is 1.